The molecule has 0 heterocycles. The van der Waals surface area contributed by atoms with Crippen LogP contribution >= 0.6 is 21.6 Å². The molecule has 0 saturated heterocycles. The van der Waals surface area contributed by atoms with Crippen LogP contribution in [-0.4, -0.2) is 23.4 Å². The van der Waals surface area contributed by atoms with Crippen LogP contribution in [-0.2, 0) is 10.8 Å². The van der Waals surface area contributed by atoms with Crippen LogP contribution in [0, 0.1) is 0 Å². The highest BCUT2D eigenvalue weighted by Gasteiger charge is 2.25. The third-order valence-electron chi connectivity index (χ3n) is 4.88. The molecule has 4 nitrogen and oxygen atoms in total. The van der Waals surface area contributed by atoms with Gasteiger partial charge in [-0.25, -0.2) is 0 Å². The SMILES string of the molecule is CCCOc1cc(SSc2cc(OCCC)cc(C(C)(C)C)c2O)c(O)c(C(C)(C)C)c1. The first-order chi connectivity index (χ1) is 14.9. The second kappa shape index (κ2) is 11.0. The Morgan fingerprint density at radius 3 is 1.28 bits per heavy atom. The van der Waals surface area contributed by atoms with Crippen molar-refractivity contribution in [3.05, 3.63) is 35.4 Å². The standard InChI is InChI=1S/C26H38O4S2/c1-9-11-29-17-13-19(25(3,4)5)23(27)21(15-17)31-32-22-16-18(30-12-10-2)14-20(24(22)28)26(6,7)8/h13-16,27-28H,9-12H2,1-8H3. The van der Waals surface area contributed by atoms with Crippen molar-refractivity contribution in [3.8, 4) is 23.0 Å². The average molecular weight is 479 g/mol. The lowest BCUT2D eigenvalue weighted by atomic mass is 9.86. The van der Waals surface area contributed by atoms with E-state index in [9.17, 15) is 10.2 Å². The Morgan fingerprint density at radius 2 is 1.00 bits per heavy atom. The maximum Gasteiger partial charge on any atom is 0.134 e. The third-order valence-corrected chi connectivity index (χ3v) is 7.27. The van der Waals surface area contributed by atoms with Crippen molar-refractivity contribution in [3.63, 3.8) is 0 Å². The van der Waals surface area contributed by atoms with E-state index in [2.05, 4.69) is 55.4 Å². The Balaban J connectivity index is 2.44. The zero-order chi connectivity index (χ0) is 24.1. The molecular weight excluding hydrogens is 440 g/mol. The van der Waals surface area contributed by atoms with Crippen LogP contribution in [0.3, 0.4) is 0 Å². The summed E-state index contributed by atoms with van der Waals surface area (Å²) in [4.78, 5) is 1.43. The summed E-state index contributed by atoms with van der Waals surface area (Å²) >= 11 is 0. The Kier molecular flexibility index (Phi) is 9.12. The molecular formula is C26H38O4S2. The minimum Gasteiger partial charge on any atom is -0.506 e. The van der Waals surface area contributed by atoms with Gasteiger partial charge >= 0.3 is 0 Å². The average Bonchev–Trinajstić information content (AvgIpc) is 2.70. The topological polar surface area (TPSA) is 58.9 Å². The summed E-state index contributed by atoms with van der Waals surface area (Å²) in [6.45, 7) is 17.8. The van der Waals surface area contributed by atoms with E-state index in [1.807, 2.05) is 24.3 Å². The van der Waals surface area contributed by atoms with Crippen molar-refractivity contribution in [2.24, 2.45) is 0 Å². The lowest BCUT2D eigenvalue weighted by Crippen LogP contribution is -2.12. The molecule has 2 aromatic carbocycles. The number of aromatic hydroxyl groups is 2. The number of hydrogen-bond donors (Lipinski definition) is 2. The molecule has 32 heavy (non-hydrogen) atoms. The minimum absolute atomic E-state index is 0.231. The fourth-order valence-electron chi connectivity index (χ4n) is 3.13. The zero-order valence-electron chi connectivity index (χ0n) is 20.7. The van der Waals surface area contributed by atoms with Crippen molar-refractivity contribution in [1.82, 2.24) is 0 Å². The Morgan fingerprint density at radius 1 is 0.656 bits per heavy atom. The molecule has 0 fully saturated rings. The molecule has 2 aromatic rings. The molecule has 0 aromatic heterocycles. The molecule has 0 atom stereocenters. The number of phenols is 2. The molecule has 0 spiro atoms. The summed E-state index contributed by atoms with van der Waals surface area (Å²) in [5.41, 5.74) is 1.22. The van der Waals surface area contributed by atoms with Gasteiger partial charge in [0.2, 0.25) is 0 Å². The van der Waals surface area contributed by atoms with Gasteiger partial charge < -0.3 is 19.7 Å². The summed E-state index contributed by atoms with van der Waals surface area (Å²) in [6.07, 6.45) is 1.83. The van der Waals surface area contributed by atoms with Gasteiger partial charge in [0.1, 0.15) is 23.0 Å². The Hall–Kier alpha value is -1.66. The van der Waals surface area contributed by atoms with Crippen molar-refractivity contribution >= 4 is 21.6 Å². The molecule has 0 aliphatic carbocycles. The summed E-state index contributed by atoms with van der Waals surface area (Å²) < 4.78 is 11.8. The highest BCUT2D eigenvalue weighted by molar-refractivity contribution is 8.76. The molecule has 0 aliphatic rings. The maximum absolute atomic E-state index is 11.0. The lowest BCUT2D eigenvalue weighted by Gasteiger charge is -2.24. The molecule has 0 saturated carbocycles. The minimum atomic E-state index is -0.231. The summed E-state index contributed by atoms with van der Waals surface area (Å²) in [6, 6.07) is 7.59. The molecule has 2 N–H and O–H groups in total. The van der Waals surface area contributed by atoms with Gasteiger partial charge in [-0.15, -0.1) is 0 Å². The molecule has 0 radical (unpaired) electrons. The van der Waals surface area contributed by atoms with E-state index in [4.69, 9.17) is 9.47 Å². The lowest BCUT2D eigenvalue weighted by molar-refractivity contribution is 0.314. The van der Waals surface area contributed by atoms with Gasteiger partial charge in [-0.05, 0) is 69.5 Å². The molecule has 0 aliphatic heterocycles. The van der Waals surface area contributed by atoms with E-state index >= 15 is 0 Å². The fourth-order valence-corrected chi connectivity index (χ4v) is 5.32. The first-order valence-corrected chi connectivity index (χ1v) is 13.4. The predicted octanol–water partition coefficient (Wildman–Crippen LogP) is 8.07. The molecule has 0 bridgehead atoms. The Bertz CT molecular complexity index is 836. The van der Waals surface area contributed by atoms with Crippen LogP contribution in [0.4, 0.5) is 0 Å². The summed E-state index contributed by atoms with van der Waals surface area (Å²) in [5.74, 6) is 2.01. The van der Waals surface area contributed by atoms with Crippen LogP contribution in [0.2, 0.25) is 0 Å². The van der Waals surface area contributed by atoms with E-state index in [0.717, 1.165) is 35.5 Å². The largest absolute Gasteiger partial charge is 0.506 e. The van der Waals surface area contributed by atoms with Crippen LogP contribution < -0.4 is 9.47 Å². The van der Waals surface area contributed by atoms with Gasteiger partial charge in [0.15, 0.2) is 0 Å². The van der Waals surface area contributed by atoms with Crippen LogP contribution in [0.15, 0.2) is 34.1 Å². The Labute approximate surface area is 201 Å². The quantitative estimate of drug-likeness (QED) is 0.355. The van der Waals surface area contributed by atoms with E-state index in [1.165, 1.54) is 21.6 Å². The van der Waals surface area contributed by atoms with Crippen molar-refractivity contribution in [2.75, 3.05) is 13.2 Å². The van der Waals surface area contributed by atoms with Gasteiger partial charge in [-0.2, -0.15) is 0 Å². The second-order valence-electron chi connectivity index (χ2n) is 10.00. The molecule has 0 amide bonds. The number of phenolic OH excluding ortho intramolecular Hbond substituents is 2. The fraction of sp³-hybridized carbons (Fsp3) is 0.538. The number of benzene rings is 2. The molecule has 0 unspecified atom stereocenters. The third kappa shape index (κ3) is 6.92. The van der Waals surface area contributed by atoms with Crippen LogP contribution in [0.1, 0.15) is 79.4 Å². The van der Waals surface area contributed by atoms with Gasteiger partial charge in [-0.3, -0.25) is 0 Å². The summed E-state index contributed by atoms with van der Waals surface area (Å²) in [7, 11) is 2.83. The first-order valence-electron chi connectivity index (χ1n) is 11.2. The smallest absolute Gasteiger partial charge is 0.134 e. The van der Waals surface area contributed by atoms with Crippen molar-refractivity contribution in [2.45, 2.75) is 88.9 Å². The van der Waals surface area contributed by atoms with Crippen molar-refractivity contribution < 1.29 is 19.7 Å². The first kappa shape index (κ1) is 26.6. The van der Waals surface area contributed by atoms with Gasteiger partial charge in [0.25, 0.3) is 0 Å². The highest BCUT2D eigenvalue weighted by atomic mass is 33.1. The van der Waals surface area contributed by atoms with E-state index < -0.39 is 0 Å². The molecule has 178 valence electrons. The molecule has 6 heteroatoms. The van der Waals surface area contributed by atoms with Crippen LogP contribution in [0.5, 0.6) is 23.0 Å². The van der Waals surface area contributed by atoms with Gasteiger partial charge in [-0.1, -0.05) is 55.4 Å². The highest BCUT2D eigenvalue weighted by Crippen LogP contribution is 2.51. The summed E-state index contributed by atoms with van der Waals surface area (Å²) in [5, 5.41) is 22.0. The maximum atomic E-state index is 11.0. The zero-order valence-corrected chi connectivity index (χ0v) is 22.3. The van der Waals surface area contributed by atoms with E-state index in [1.54, 1.807) is 0 Å². The van der Waals surface area contributed by atoms with E-state index in [-0.39, 0.29) is 22.3 Å². The van der Waals surface area contributed by atoms with Crippen LogP contribution in [0.25, 0.3) is 0 Å². The van der Waals surface area contributed by atoms with Gasteiger partial charge in [0, 0.05) is 11.1 Å². The van der Waals surface area contributed by atoms with Gasteiger partial charge in [0.05, 0.1) is 23.0 Å². The monoisotopic (exact) mass is 478 g/mol. The molecule has 2 rings (SSSR count). The second-order valence-corrected chi connectivity index (χ2v) is 12.2. The van der Waals surface area contributed by atoms with Crippen molar-refractivity contribution in [1.29, 1.82) is 0 Å². The number of rotatable bonds is 9. The number of ether oxygens (including phenoxy) is 2. The van der Waals surface area contributed by atoms with E-state index in [0.29, 0.717) is 23.0 Å². The normalized spacial score (nSPS) is 12.1. The predicted molar refractivity (Wildman–Crippen MR) is 137 cm³/mol. The number of hydrogen-bond acceptors (Lipinski definition) is 6.